The number of rotatable bonds is 22. The summed E-state index contributed by atoms with van der Waals surface area (Å²) >= 11 is 0. The minimum atomic E-state index is -1.07. The van der Waals surface area contributed by atoms with Crippen LogP contribution in [0.15, 0.2) is 65.7 Å². The van der Waals surface area contributed by atoms with Gasteiger partial charge in [0.25, 0.3) is 5.91 Å². The van der Waals surface area contributed by atoms with Crippen molar-refractivity contribution in [3.05, 3.63) is 77.4 Å². The van der Waals surface area contributed by atoms with Crippen molar-refractivity contribution in [2.45, 2.75) is 44.2 Å². The van der Waals surface area contributed by atoms with E-state index >= 15 is 0 Å². The number of carbonyl (C=O) groups excluding carboxylic acids is 4. The van der Waals surface area contributed by atoms with Crippen molar-refractivity contribution in [3.8, 4) is 23.0 Å². The Morgan fingerprint density at radius 3 is 1.98 bits per heavy atom. The van der Waals surface area contributed by atoms with Gasteiger partial charge in [-0.3, -0.25) is 24.2 Å². The number of hydrogen-bond acceptors (Lipinski definition) is 10. The summed E-state index contributed by atoms with van der Waals surface area (Å²) in [6.45, 7) is 0.205. The molecule has 0 fully saturated rings. The lowest BCUT2D eigenvalue weighted by molar-refractivity contribution is -0.130. The zero-order valence-corrected chi connectivity index (χ0v) is 31.7. The molecule has 4 amide bonds. The van der Waals surface area contributed by atoms with Crippen LogP contribution in [-0.2, 0) is 14.4 Å². The summed E-state index contributed by atoms with van der Waals surface area (Å²) in [5.74, 6) is -0.399. The SMILES string of the molecule is COc1ccc(/C=C\c2cc(OC)c(OC)c(OC)c2)cc1NC(=O)CNC(=O)[C@H](CCCN=C(N)N)NC(=O)[C@H](CCCCN)NC(=O)c1ccccc1. The number of methoxy groups -OCH3 is 4. The zero-order chi connectivity index (χ0) is 40.2. The van der Waals surface area contributed by atoms with Gasteiger partial charge in [-0.05, 0) is 86.2 Å². The fourth-order valence-corrected chi connectivity index (χ4v) is 5.44. The first-order chi connectivity index (χ1) is 26.5. The first kappa shape index (κ1) is 43.1. The van der Waals surface area contributed by atoms with Gasteiger partial charge in [-0.2, -0.15) is 0 Å². The molecule has 296 valence electrons. The van der Waals surface area contributed by atoms with Gasteiger partial charge in [-0.25, -0.2) is 0 Å². The van der Waals surface area contributed by atoms with Gasteiger partial charge in [-0.15, -0.1) is 0 Å². The molecule has 0 heterocycles. The molecule has 55 heavy (non-hydrogen) atoms. The third-order valence-electron chi connectivity index (χ3n) is 8.26. The van der Waals surface area contributed by atoms with Crippen molar-refractivity contribution in [2.75, 3.05) is 53.4 Å². The van der Waals surface area contributed by atoms with Crippen LogP contribution in [0.25, 0.3) is 12.2 Å². The first-order valence-corrected chi connectivity index (χ1v) is 17.7. The lowest BCUT2D eigenvalue weighted by atomic mass is 10.1. The minimum Gasteiger partial charge on any atom is -0.495 e. The van der Waals surface area contributed by atoms with Crippen LogP contribution in [0.5, 0.6) is 23.0 Å². The number of carbonyl (C=O) groups is 4. The van der Waals surface area contributed by atoms with E-state index in [9.17, 15) is 19.2 Å². The van der Waals surface area contributed by atoms with Gasteiger partial charge in [0.05, 0.1) is 40.7 Å². The fourth-order valence-electron chi connectivity index (χ4n) is 5.44. The van der Waals surface area contributed by atoms with Gasteiger partial charge in [0.15, 0.2) is 17.5 Å². The van der Waals surface area contributed by atoms with E-state index in [1.165, 1.54) is 28.4 Å². The summed E-state index contributed by atoms with van der Waals surface area (Å²) < 4.78 is 21.7. The standard InChI is InChI=1S/C39H52N8O8/c1-52-31-18-17-25(15-16-26-22-32(53-2)35(55-4)33(23-26)54-3)21-30(31)45-34(48)24-44-37(50)28(14-10-20-43-39(41)42)47-38(51)29(13-8-9-19-40)46-36(49)27-11-6-5-7-12-27/h5-7,11-12,15-18,21-23,28-29H,8-10,13-14,19-20,24,40H2,1-4H3,(H,44,50)(H,45,48)(H,46,49)(H,47,51)(H4,41,42,43)/b16-15-/t28-,29-/m0/s1. The number of nitrogens with two attached hydrogens (primary N) is 3. The molecule has 0 aliphatic carbocycles. The molecule has 16 heteroatoms. The second kappa shape index (κ2) is 22.7. The molecule has 3 aromatic carbocycles. The molecule has 0 spiro atoms. The second-order valence-electron chi connectivity index (χ2n) is 12.2. The van der Waals surface area contributed by atoms with Crippen LogP contribution in [0.3, 0.4) is 0 Å². The Morgan fingerprint density at radius 2 is 1.36 bits per heavy atom. The van der Waals surface area contributed by atoms with Crippen LogP contribution in [0.4, 0.5) is 5.69 Å². The van der Waals surface area contributed by atoms with Gasteiger partial charge < -0.3 is 57.4 Å². The molecule has 3 rings (SSSR count). The highest BCUT2D eigenvalue weighted by Crippen LogP contribution is 2.38. The quantitative estimate of drug-likeness (QED) is 0.0339. The van der Waals surface area contributed by atoms with Gasteiger partial charge in [0, 0.05) is 12.1 Å². The Bertz CT molecular complexity index is 1770. The largest absolute Gasteiger partial charge is 0.495 e. The first-order valence-electron chi connectivity index (χ1n) is 17.7. The summed E-state index contributed by atoms with van der Waals surface area (Å²) in [7, 11) is 6.07. The van der Waals surface area contributed by atoms with E-state index in [2.05, 4.69) is 26.3 Å². The molecule has 3 aromatic rings. The average molecular weight is 761 g/mol. The maximum absolute atomic E-state index is 13.6. The van der Waals surface area contributed by atoms with Gasteiger partial charge in [0.2, 0.25) is 23.5 Å². The molecular formula is C39H52N8O8. The molecule has 0 saturated carbocycles. The summed E-state index contributed by atoms with van der Waals surface area (Å²) in [6, 6.07) is 15.3. The van der Waals surface area contributed by atoms with Crippen LogP contribution >= 0.6 is 0 Å². The Balaban J connectivity index is 1.73. The summed E-state index contributed by atoms with van der Waals surface area (Å²) in [5, 5.41) is 10.9. The number of nitrogens with zero attached hydrogens (tertiary/aromatic N) is 1. The number of hydrogen-bond donors (Lipinski definition) is 7. The Kier molecular flexibility index (Phi) is 17.8. The topological polar surface area (TPSA) is 244 Å². The molecule has 0 unspecified atom stereocenters. The fraction of sp³-hybridized carbons (Fsp3) is 0.359. The van der Waals surface area contributed by atoms with Crippen molar-refractivity contribution < 1.29 is 38.1 Å². The Hall–Kier alpha value is -6.29. The van der Waals surface area contributed by atoms with E-state index in [0.717, 1.165) is 11.1 Å². The zero-order valence-electron chi connectivity index (χ0n) is 31.7. The normalized spacial score (nSPS) is 11.8. The van der Waals surface area contributed by atoms with Crippen LogP contribution in [0.1, 0.15) is 53.6 Å². The number of unbranched alkanes of at least 4 members (excludes halogenated alkanes) is 1. The molecule has 2 atom stereocenters. The molecule has 10 N–H and O–H groups in total. The van der Waals surface area contributed by atoms with Crippen molar-refractivity contribution in [2.24, 2.45) is 22.2 Å². The van der Waals surface area contributed by atoms with E-state index in [4.69, 9.17) is 36.1 Å². The van der Waals surface area contributed by atoms with E-state index in [1.807, 2.05) is 18.2 Å². The number of guanidine groups is 1. The molecule has 0 saturated heterocycles. The van der Waals surface area contributed by atoms with Crippen molar-refractivity contribution in [1.29, 1.82) is 0 Å². The van der Waals surface area contributed by atoms with E-state index in [0.29, 0.717) is 66.5 Å². The van der Waals surface area contributed by atoms with E-state index < -0.39 is 42.3 Å². The monoisotopic (exact) mass is 760 g/mol. The molecular weight excluding hydrogens is 708 g/mol. The number of aliphatic imine (C=N–C) groups is 1. The number of benzene rings is 3. The maximum Gasteiger partial charge on any atom is 0.251 e. The third kappa shape index (κ3) is 13.9. The average Bonchev–Trinajstić information content (AvgIpc) is 3.19. The van der Waals surface area contributed by atoms with Gasteiger partial charge in [0.1, 0.15) is 17.8 Å². The lowest BCUT2D eigenvalue weighted by Crippen LogP contribution is -2.54. The lowest BCUT2D eigenvalue weighted by Gasteiger charge is -2.23. The molecule has 0 radical (unpaired) electrons. The Morgan fingerprint density at radius 1 is 0.727 bits per heavy atom. The second-order valence-corrected chi connectivity index (χ2v) is 12.2. The van der Waals surface area contributed by atoms with Crippen LogP contribution in [0, 0.1) is 0 Å². The van der Waals surface area contributed by atoms with Crippen molar-refractivity contribution in [1.82, 2.24) is 16.0 Å². The van der Waals surface area contributed by atoms with Crippen LogP contribution in [-0.4, -0.2) is 89.7 Å². The third-order valence-corrected chi connectivity index (χ3v) is 8.26. The summed E-state index contributed by atoms with van der Waals surface area (Å²) in [6.07, 6.45) is 5.66. The number of anilines is 1. The predicted octanol–water partition coefficient (Wildman–Crippen LogP) is 2.41. The highest BCUT2D eigenvalue weighted by atomic mass is 16.5. The van der Waals surface area contributed by atoms with Crippen molar-refractivity contribution in [3.63, 3.8) is 0 Å². The number of ether oxygens (including phenoxy) is 4. The van der Waals surface area contributed by atoms with Gasteiger partial charge >= 0.3 is 0 Å². The Labute approximate surface area is 321 Å². The molecule has 16 nitrogen and oxygen atoms in total. The molecule has 0 aliphatic heterocycles. The molecule has 0 aromatic heterocycles. The van der Waals surface area contributed by atoms with E-state index in [-0.39, 0.29) is 18.9 Å². The van der Waals surface area contributed by atoms with Gasteiger partial charge in [-0.1, -0.05) is 36.4 Å². The van der Waals surface area contributed by atoms with E-state index in [1.54, 1.807) is 54.6 Å². The number of amides is 4. The number of nitrogens with one attached hydrogen (secondary N) is 4. The highest BCUT2D eigenvalue weighted by molar-refractivity contribution is 5.99. The van der Waals surface area contributed by atoms with Crippen LogP contribution in [0.2, 0.25) is 0 Å². The molecule has 0 aliphatic rings. The maximum atomic E-state index is 13.6. The molecule has 0 bridgehead atoms. The minimum absolute atomic E-state index is 0.110. The smallest absolute Gasteiger partial charge is 0.251 e. The highest BCUT2D eigenvalue weighted by Gasteiger charge is 2.27. The van der Waals surface area contributed by atoms with Crippen LogP contribution < -0.4 is 57.4 Å². The summed E-state index contributed by atoms with van der Waals surface area (Å²) in [5.41, 5.74) is 18.8. The predicted molar refractivity (Wildman–Crippen MR) is 212 cm³/mol. The van der Waals surface area contributed by atoms with Crippen molar-refractivity contribution >= 4 is 47.4 Å². The summed E-state index contributed by atoms with van der Waals surface area (Å²) in [4.78, 5) is 57.1.